The van der Waals surface area contributed by atoms with Crippen molar-refractivity contribution in [2.45, 2.75) is 45.1 Å². The van der Waals surface area contributed by atoms with Crippen molar-refractivity contribution in [1.29, 1.82) is 0 Å². The molecule has 0 radical (unpaired) electrons. The van der Waals surface area contributed by atoms with Gasteiger partial charge in [-0.2, -0.15) is 0 Å². The number of aromatic nitrogens is 1. The van der Waals surface area contributed by atoms with Crippen LogP contribution in [0.2, 0.25) is 0 Å². The Morgan fingerprint density at radius 3 is 2.74 bits per heavy atom. The average Bonchev–Trinajstić information content (AvgIpc) is 2.48. The van der Waals surface area contributed by atoms with Gasteiger partial charge in [-0.1, -0.05) is 13.3 Å². The second kappa shape index (κ2) is 6.55. The third kappa shape index (κ3) is 3.69. The van der Waals surface area contributed by atoms with E-state index in [2.05, 4.69) is 22.5 Å². The van der Waals surface area contributed by atoms with E-state index in [1.807, 2.05) is 0 Å². The molecule has 104 valence electrons. The summed E-state index contributed by atoms with van der Waals surface area (Å²) in [6, 6.07) is 3.88. The van der Waals surface area contributed by atoms with Crippen molar-refractivity contribution in [2.75, 3.05) is 12.4 Å². The molecule has 1 amide bonds. The number of carbonyl (C=O) groups is 1. The summed E-state index contributed by atoms with van der Waals surface area (Å²) in [4.78, 5) is 16.3. The zero-order chi connectivity index (χ0) is 13.7. The van der Waals surface area contributed by atoms with E-state index in [0.29, 0.717) is 11.6 Å². The first kappa shape index (κ1) is 13.8. The van der Waals surface area contributed by atoms with E-state index in [1.165, 1.54) is 19.3 Å². The van der Waals surface area contributed by atoms with Crippen LogP contribution in [0.5, 0.6) is 0 Å². The van der Waals surface area contributed by atoms with E-state index in [1.54, 1.807) is 25.4 Å². The third-order valence-electron chi connectivity index (χ3n) is 4.04. The van der Waals surface area contributed by atoms with Crippen LogP contribution in [0, 0.1) is 5.92 Å². The lowest BCUT2D eigenvalue weighted by Crippen LogP contribution is -2.37. The number of pyridine rings is 1. The summed E-state index contributed by atoms with van der Waals surface area (Å²) >= 11 is 0. The van der Waals surface area contributed by atoms with Gasteiger partial charge in [0.25, 0.3) is 5.91 Å². The molecular formula is C15H23N3O. The maximum Gasteiger partial charge on any atom is 0.251 e. The summed E-state index contributed by atoms with van der Waals surface area (Å²) in [6.07, 6.45) is 7.60. The molecule has 1 fully saturated rings. The van der Waals surface area contributed by atoms with Crippen LogP contribution in [0.3, 0.4) is 0 Å². The van der Waals surface area contributed by atoms with Crippen LogP contribution in [0.25, 0.3) is 0 Å². The molecule has 0 aliphatic heterocycles. The van der Waals surface area contributed by atoms with Gasteiger partial charge < -0.3 is 10.6 Å². The lowest BCUT2D eigenvalue weighted by molar-refractivity contribution is 0.0921. The molecule has 0 saturated heterocycles. The first-order chi connectivity index (χ1) is 9.22. The molecule has 1 aromatic rings. The van der Waals surface area contributed by atoms with E-state index >= 15 is 0 Å². The monoisotopic (exact) mass is 261 g/mol. The second-order valence-electron chi connectivity index (χ2n) is 5.28. The van der Waals surface area contributed by atoms with Gasteiger partial charge in [-0.25, -0.2) is 4.98 Å². The molecule has 0 atom stereocenters. The summed E-state index contributed by atoms with van der Waals surface area (Å²) in [5.41, 5.74) is 0.678. The predicted molar refractivity (Wildman–Crippen MR) is 77.3 cm³/mol. The smallest absolute Gasteiger partial charge is 0.251 e. The van der Waals surface area contributed by atoms with Crippen molar-refractivity contribution >= 4 is 11.7 Å². The normalized spacial score (nSPS) is 22.8. The van der Waals surface area contributed by atoms with Crippen molar-refractivity contribution in [3.05, 3.63) is 23.9 Å². The number of anilines is 1. The summed E-state index contributed by atoms with van der Waals surface area (Å²) in [7, 11) is 1.80. The van der Waals surface area contributed by atoms with Gasteiger partial charge in [0.2, 0.25) is 0 Å². The number of nitrogens with one attached hydrogen (secondary N) is 2. The fourth-order valence-corrected chi connectivity index (χ4v) is 2.69. The van der Waals surface area contributed by atoms with Gasteiger partial charge in [0.15, 0.2) is 0 Å². The third-order valence-corrected chi connectivity index (χ3v) is 4.04. The second-order valence-corrected chi connectivity index (χ2v) is 5.28. The fourth-order valence-electron chi connectivity index (χ4n) is 2.69. The van der Waals surface area contributed by atoms with Crippen LogP contribution in [-0.4, -0.2) is 24.0 Å². The summed E-state index contributed by atoms with van der Waals surface area (Å²) in [5, 5.41) is 6.08. The Morgan fingerprint density at radius 1 is 1.37 bits per heavy atom. The summed E-state index contributed by atoms with van der Waals surface area (Å²) in [6.45, 7) is 2.25. The lowest BCUT2D eigenvalue weighted by atomic mass is 9.84. The highest BCUT2D eigenvalue weighted by Gasteiger charge is 2.21. The minimum absolute atomic E-state index is 0.0128. The van der Waals surface area contributed by atoms with Gasteiger partial charge in [0.05, 0.1) is 0 Å². The van der Waals surface area contributed by atoms with Crippen LogP contribution in [0.15, 0.2) is 18.3 Å². The highest BCUT2D eigenvalue weighted by molar-refractivity contribution is 5.94. The largest absolute Gasteiger partial charge is 0.373 e. The molecule has 1 saturated carbocycles. The fraction of sp³-hybridized carbons (Fsp3) is 0.600. The highest BCUT2D eigenvalue weighted by Crippen LogP contribution is 2.26. The first-order valence-electron chi connectivity index (χ1n) is 7.17. The highest BCUT2D eigenvalue weighted by atomic mass is 16.1. The Kier molecular flexibility index (Phi) is 4.77. The van der Waals surface area contributed by atoms with E-state index in [0.717, 1.165) is 24.6 Å². The Bertz CT molecular complexity index is 425. The number of amides is 1. The van der Waals surface area contributed by atoms with Crippen molar-refractivity contribution in [1.82, 2.24) is 10.3 Å². The lowest BCUT2D eigenvalue weighted by Gasteiger charge is -2.28. The van der Waals surface area contributed by atoms with Crippen molar-refractivity contribution in [2.24, 2.45) is 5.92 Å². The molecule has 1 aromatic heterocycles. The van der Waals surface area contributed by atoms with E-state index < -0.39 is 0 Å². The van der Waals surface area contributed by atoms with Gasteiger partial charge in [-0.15, -0.1) is 0 Å². The molecule has 0 aromatic carbocycles. The van der Waals surface area contributed by atoms with Gasteiger partial charge in [-0.05, 0) is 43.7 Å². The molecule has 0 spiro atoms. The molecular weight excluding hydrogens is 238 g/mol. The molecule has 2 N–H and O–H groups in total. The number of hydrogen-bond donors (Lipinski definition) is 2. The minimum atomic E-state index is 0.0128. The maximum atomic E-state index is 12.2. The molecule has 19 heavy (non-hydrogen) atoms. The standard InChI is InChI=1S/C15H23N3O/c1-3-11-4-6-13(7-5-11)18-15(19)12-8-9-17-14(10-12)16-2/h8-11,13H,3-7H2,1-2H3,(H,16,17)(H,18,19). The molecule has 1 aliphatic carbocycles. The van der Waals surface area contributed by atoms with Crippen LogP contribution in [0.1, 0.15) is 49.4 Å². The molecule has 1 heterocycles. The Morgan fingerprint density at radius 2 is 2.11 bits per heavy atom. The van der Waals surface area contributed by atoms with E-state index in [-0.39, 0.29) is 5.91 Å². The first-order valence-corrected chi connectivity index (χ1v) is 7.17. The van der Waals surface area contributed by atoms with Crippen LogP contribution in [0.4, 0.5) is 5.82 Å². The summed E-state index contributed by atoms with van der Waals surface area (Å²) in [5.74, 6) is 1.59. The number of carbonyl (C=O) groups excluding carboxylic acids is 1. The minimum Gasteiger partial charge on any atom is -0.373 e. The molecule has 0 bridgehead atoms. The molecule has 1 aliphatic rings. The Balaban J connectivity index is 1.90. The van der Waals surface area contributed by atoms with Gasteiger partial charge in [-0.3, -0.25) is 4.79 Å². The van der Waals surface area contributed by atoms with E-state index in [4.69, 9.17) is 0 Å². The van der Waals surface area contributed by atoms with Crippen molar-refractivity contribution in [3.8, 4) is 0 Å². The van der Waals surface area contributed by atoms with Gasteiger partial charge in [0, 0.05) is 24.8 Å². The molecule has 4 heteroatoms. The molecule has 2 rings (SSSR count). The van der Waals surface area contributed by atoms with Gasteiger partial charge >= 0.3 is 0 Å². The number of nitrogens with zero attached hydrogens (tertiary/aromatic N) is 1. The SMILES string of the molecule is CCC1CCC(NC(=O)c2ccnc(NC)c2)CC1. The van der Waals surface area contributed by atoms with Crippen molar-refractivity contribution in [3.63, 3.8) is 0 Å². The Labute approximate surface area is 115 Å². The van der Waals surface area contributed by atoms with Crippen LogP contribution >= 0.6 is 0 Å². The topological polar surface area (TPSA) is 54.0 Å². The Hall–Kier alpha value is -1.58. The molecule has 0 unspecified atom stereocenters. The quantitative estimate of drug-likeness (QED) is 0.876. The van der Waals surface area contributed by atoms with Crippen LogP contribution < -0.4 is 10.6 Å². The maximum absolute atomic E-state index is 12.2. The predicted octanol–water partition coefficient (Wildman–Crippen LogP) is 2.82. The zero-order valence-electron chi connectivity index (χ0n) is 11.8. The summed E-state index contributed by atoms with van der Waals surface area (Å²) < 4.78 is 0. The van der Waals surface area contributed by atoms with Gasteiger partial charge in [0.1, 0.15) is 5.82 Å². The number of rotatable bonds is 4. The average molecular weight is 261 g/mol. The van der Waals surface area contributed by atoms with E-state index in [9.17, 15) is 4.79 Å². The van der Waals surface area contributed by atoms with Crippen LogP contribution in [-0.2, 0) is 0 Å². The zero-order valence-corrected chi connectivity index (χ0v) is 11.8. The van der Waals surface area contributed by atoms with Crippen molar-refractivity contribution < 1.29 is 4.79 Å². The number of hydrogen-bond acceptors (Lipinski definition) is 3. The molecule has 4 nitrogen and oxygen atoms in total.